The molecule has 17 heavy (non-hydrogen) atoms. The summed E-state index contributed by atoms with van der Waals surface area (Å²) >= 11 is 0. The Bertz CT molecular complexity index is 421. The minimum absolute atomic E-state index is 0.0104. The molecule has 1 aromatic rings. The monoisotopic (exact) mass is 243 g/mol. The molecule has 0 spiro atoms. The van der Waals surface area contributed by atoms with E-state index in [1.54, 1.807) is 13.0 Å². The van der Waals surface area contributed by atoms with Gasteiger partial charge >= 0.3 is 12.4 Å². The van der Waals surface area contributed by atoms with Crippen LogP contribution in [0.15, 0.2) is 24.3 Å². The van der Waals surface area contributed by atoms with Crippen LogP contribution < -0.4 is 5.32 Å². The molecule has 1 amide bonds. The average molecular weight is 243 g/mol. The van der Waals surface area contributed by atoms with Gasteiger partial charge in [0.2, 0.25) is 0 Å². The molecule has 0 saturated heterocycles. The lowest BCUT2D eigenvalue weighted by Crippen LogP contribution is -2.22. The van der Waals surface area contributed by atoms with Crippen molar-refractivity contribution in [1.29, 1.82) is 0 Å². The maximum absolute atomic E-state index is 12.1. The summed E-state index contributed by atoms with van der Waals surface area (Å²) in [4.78, 5) is 22.3. The zero-order chi connectivity index (χ0) is 12.8. The normalized spacial score (nSPS) is 10.1. The second-order valence-electron chi connectivity index (χ2n) is 3.06. The van der Waals surface area contributed by atoms with Gasteiger partial charge in [-0.1, -0.05) is 12.1 Å². The number of hydrogen-bond acceptors (Lipinski definition) is 3. The number of alkyl halides is 2. The fraction of sp³-hybridized carbons (Fsp3) is 0.273. The Labute approximate surface area is 96.6 Å². The van der Waals surface area contributed by atoms with Crippen molar-refractivity contribution in [2.75, 3.05) is 11.9 Å². The van der Waals surface area contributed by atoms with E-state index in [-0.39, 0.29) is 17.9 Å². The predicted molar refractivity (Wildman–Crippen MR) is 57.0 cm³/mol. The number of carbonyl (C=O) groups is 2. The van der Waals surface area contributed by atoms with Gasteiger partial charge < -0.3 is 10.1 Å². The van der Waals surface area contributed by atoms with Crippen molar-refractivity contribution in [1.82, 2.24) is 0 Å². The minimum atomic E-state index is -3.13. The molecule has 0 saturated carbocycles. The third kappa shape index (κ3) is 3.51. The molecule has 0 aliphatic heterocycles. The fourth-order valence-corrected chi connectivity index (χ4v) is 1.17. The molecule has 4 nitrogen and oxygen atoms in total. The predicted octanol–water partition coefficient (Wildman–Crippen LogP) is 2.07. The molecule has 0 unspecified atom stereocenters. The number of esters is 1. The van der Waals surface area contributed by atoms with E-state index in [0.29, 0.717) is 0 Å². The molecule has 6 heteroatoms. The Balaban J connectivity index is 2.92. The topological polar surface area (TPSA) is 55.4 Å². The van der Waals surface area contributed by atoms with Crippen molar-refractivity contribution in [2.24, 2.45) is 0 Å². The smallest absolute Gasteiger partial charge is 0.340 e. The Hall–Kier alpha value is -1.98. The summed E-state index contributed by atoms with van der Waals surface area (Å²) in [5, 5.41) is 1.96. The highest BCUT2D eigenvalue weighted by Crippen LogP contribution is 2.16. The Morgan fingerprint density at radius 2 is 2.00 bits per heavy atom. The van der Waals surface area contributed by atoms with E-state index in [4.69, 9.17) is 4.74 Å². The SMILES string of the molecule is CCOC(=O)c1ccccc1NC(=O)C(F)F. The summed E-state index contributed by atoms with van der Waals surface area (Å²) in [5.41, 5.74) is 0.0552. The molecular formula is C11H11F2NO3. The van der Waals surface area contributed by atoms with Gasteiger partial charge in [0.05, 0.1) is 17.9 Å². The molecule has 0 fully saturated rings. The van der Waals surface area contributed by atoms with Gasteiger partial charge in [0, 0.05) is 0 Å². The number of hydrogen-bond donors (Lipinski definition) is 1. The van der Waals surface area contributed by atoms with Gasteiger partial charge in [-0.15, -0.1) is 0 Å². The first kappa shape index (κ1) is 13.1. The minimum Gasteiger partial charge on any atom is -0.462 e. The zero-order valence-corrected chi connectivity index (χ0v) is 9.07. The van der Waals surface area contributed by atoms with Crippen LogP contribution in [0.2, 0.25) is 0 Å². The summed E-state index contributed by atoms with van der Waals surface area (Å²) in [6.07, 6.45) is -3.13. The molecule has 0 heterocycles. The maximum Gasteiger partial charge on any atom is 0.340 e. The van der Waals surface area contributed by atoms with Crippen LogP contribution >= 0.6 is 0 Å². The molecular weight excluding hydrogens is 232 g/mol. The number of benzene rings is 1. The summed E-state index contributed by atoms with van der Waals surface area (Å²) in [5.74, 6) is -2.13. The lowest BCUT2D eigenvalue weighted by Gasteiger charge is -2.09. The Kier molecular flexibility index (Phi) is 4.56. The highest BCUT2D eigenvalue weighted by atomic mass is 19.3. The van der Waals surface area contributed by atoms with Crippen LogP contribution in [0.4, 0.5) is 14.5 Å². The molecule has 0 aliphatic rings. The number of ether oxygens (including phenoxy) is 1. The molecule has 0 bridgehead atoms. The van der Waals surface area contributed by atoms with Crippen LogP contribution in [-0.4, -0.2) is 24.9 Å². The van der Waals surface area contributed by atoms with E-state index in [1.165, 1.54) is 18.2 Å². The van der Waals surface area contributed by atoms with Gasteiger partial charge in [0.15, 0.2) is 0 Å². The fourth-order valence-electron chi connectivity index (χ4n) is 1.17. The van der Waals surface area contributed by atoms with E-state index >= 15 is 0 Å². The lowest BCUT2D eigenvalue weighted by molar-refractivity contribution is -0.126. The Morgan fingerprint density at radius 1 is 1.35 bits per heavy atom. The molecule has 1 rings (SSSR count). The highest BCUT2D eigenvalue weighted by Gasteiger charge is 2.19. The van der Waals surface area contributed by atoms with Gasteiger partial charge in [0.25, 0.3) is 5.91 Å². The number of carbonyl (C=O) groups excluding carboxylic acids is 2. The van der Waals surface area contributed by atoms with E-state index in [0.717, 1.165) is 0 Å². The van der Waals surface area contributed by atoms with Crippen LogP contribution in [0.3, 0.4) is 0 Å². The van der Waals surface area contributed by atoms with E-state index in [2.05, 4.69) is 0 Å². The number of anilines is 1. The van der Waals surface area contributed by atoms with Gasteiger partial charge in [-0.3, -0.25) is 4.79 Å². The molecule has 0 aromatic heterocycles. The molecule has 1 aromatic carbocycles. The van der Waals surface area contributed by atoms with Gasteiger partial charge in [-0.05, 0) is 19.1 Å². The summed E-state index contributed by atoms with van der Waals surface area (Å²) in [6.45, 7) is 1.79. The second-order valence-corrected chi connectivity index (χ2v) is 3.06. The van der Waals surface area contributed by atoms with Crippen LogP contribution in [-0.2, 0) is 9.53 Å². The van der Waals surface area contributed by atoms with E-state index < -0.39 is 18.3 Å². The third-order valence-corrected chi connectivity index (χ3v) is 1.88. The first-order valence-corrected chi connectivity index (χ1v) is 4.91. The molecule has 1 N–H and O–H groups in total. The van der Waals surface area contributed by atoms with Crippen molar-refractivity contribution < 1.29 is 23.1 Å². The van der Waals surface area contributed by atoms with E-state index in [1.807, 2.05) is 5.32 Å². The molecule has 92 valence electrons. The first-order chi connectivity index (χ1) is 8.06. The van der Waals surface area contributed by atoms with Crippen molar-refractivity contribution >= 4 is 17.6 Å². The number of nitrogens with one attached hydrogen (secondary N) is 1. The summed E-state index contributed by atoms with van der Waals surface area (Å²) < 4.78 is 28.9. The van der Waals surface area contributed by atoms with Crippen molar-refractivity contribution in [3.8, 4) is 0 Å². The molecule has 0 atom stereocenters. The number of para-hydroxylation sites is 1. The Morgan fingerprint density at radius 3 is 2.59 bits per heavy atom. The van der Waals surface area contributed by atoms with Gasteiger partial charge in [-0.25, -0.2) is 4.79 Å². The third-order valence-electron chi connectivity index (χ3n) is 1.88. The van der Waals surface area contributed by atoms with E-state index in [9.17, 15) is 18.4 Å². The summed E-state index contributed by atoms with van der Waals surface area (Å²) in [6, 6.07) is 5.81. The number of rotatable bonds is 4. The van der Waals surface area contributed by atoms with Gasteiger partial charge in [0.1, 0.15) is 0 Å². The number of halogens is 2. The maximum atomic E-state index is 12.1. The van der Waals surface area contributed by atoms with Crippen molar-refractivity contribution in [2.45, 2.75) is 13.3 Å². The lowest BCUT2D eigenvalue weighted by atomic mass is 10.2. The number of amides is 1. The van der Waals surface area contributed by atoms with Gasteiger partial charge in [-0.2, -0.15) is 8.78 Å². The highest BCUT2D eigenvalue weighted by molar-refractivity contribution is 6.02. The summed E-state index contributed by atoms with van der Waals surface area (Å²) in [7, 11) is 0. The zero-order valence-electron chi connectivity index (χ0n) is 9.07. The molecule has 0 radical (unpaired) electrons. The first-order valence-electron chi connectivity index (χ1n) is 4.91. The largest absolute Gasteiger partial charge is 0.462 e. The van der Waals surface area contributed by atoms with Crippen LogP contribution in [0.5, 0.6) is 0 Å². The second kappa shape index (κ2) is 5.93. The van der Waals surface area contributed by atoms with Crippen molar-refractivity contribution in [3.63, 3.8) is 0 Å². The molecule has 0 aliphatic carbocycles. The average Bonchev–Trinajstić information content (AvgIpc) is 2.29. The standard InChI is InChI=1S/C11H11F2NO3/c1-2-17-11(16)7-5-3-4-6-8(7)14-10(15)9(12)13/h3-6,9H,2H2,1H3,(H,14,15). The quantitative estimate of drug-likeness (QED) is 0.823. The van der Waals surface area contributed by atoms with Crippen LogP contribution in [0.25, 0.3) is 0 Å². The van der Waals surface area contributed by atoms with Crippen LogP contribution in [0, 0.1) is 0 Å². The van der Waals surface area contributed by atoms with Crippen molar-refractivity contribution in [3.05, 3.63) is 29.8 Å². The van der Waals surface area contributed by atoms with Crippen LogP contribution in [0.1, 0.15) is 17.3 Å².